The molecule has 1 N–H and O–H groups in total. The van der Waals surface area contributed by atoms with Crippen molar-refractivity contribution in [1.29, 1.82) is 0 Å². The Morgan fingerprint density at radius 2 is 1.76 bits per heavy atom. The molecule has 4 aromatic rings. The summed E-state index contributed by atoms with van der Waals surface area (Å²) in [5.74, 6) is 0.741. The molecule has 0 aliphatic rings. The number of rotatable bonds is 4. The Labute approximate surface area is 145 Å². The molecule has 4 rings (SSSR count). The van der Waals surface area contributed by atoms with Gasteiger partial charge in [0.25, 0.3) is 0 Å². The third-order valence-electron chi connectivity index (χ3n) is 3.98. The largest absolute Gasteiger partial charge is 0.358 e. The van der Waals surface area contributed by atoms with Gasteiger partial charge in [-0.05, 0) is 36.8 Å². The number of anilines is 1. The second-order valence-electron chi connectivity index (χ2n) is 5.84. The van der Waals surface area contributed by atoms with Crippen molar-refractivity contribution in [3.8, 4) is 0 Å². The lowest BCUT2D eigenvalue weighted by Gasteiger charge is -2.20. The zero-order valence-corrected chi connectivity index (χ0v) is 13.8. The maximum atomic E-state index is 4.58. The van der Waals surface area contributed by atoms with Crippen molar-refractivity contribution in [2.45, 2.75) is 13.0 Å². The lowest BCUT2D eigenvalue weighted by molar-refractivity contribution is 0.877. The van der Waals surface area contributed by atoms with Crippen LogP contribution in [-0.4, -0.2) is 19.9 Å². The Balaban J connectivity index is 1.75. The van der Waals surface area contributed by atoms with Crippen molar-refractivity contribution in [1.82, 2.24) is 19.9 Å². The number of hydrogen-bond acceptors (Lipinski definition) is 5. The predicted octanol–water partition coefficient (Wildman–Crippen LogP) is 3.93. The molecule has 3 aromatic heterocycles. The van der Waals surface area contributed by atoms with Gasteiger partial charge in [0.2, 0.25) is 0 Å². The molecule has 0 fully saturated rings. The van der Waals surface area contributed by atoms with Crippen LogP contribution >= 0.6 is 0 Å². The molecule has 0 aliphatic heterocycles. The molecule has 5 heteroatoms. The fraction of sp³-hybridized carbons (Fsp3) is 0.100. The van der Waals surface area contributed by atoms with Crippen molar-refractivity contribution in [2.24, 2.45) is 0 Å². The van der Waals surface area contributed by atoms with E-state index in [1.807, 2.05) is 30.3 Å². The summed E-state index contributed by atoms with van der Waals surface area (Å²) >= 11 is 0. The lowest BCUT2D eigenvalue weighted by atomic mass is 10.0. The van der Waals surface area contributed by atoms with E-state index < -0.39 is 0 Å². The quantitative estimate of drug-likeness (QED) is 0.615. The van der Waals surface area contributed by atoms with Gasteiger partial charge in [0, 0.05) is 18.6 Å². The molecule has 0 bridgehead atoms. The number of nitrogens with zero attached hydrogens (tertiary/aromatic N) is 4. The predicted molar refractivity (Wildman–Crippen MR) is 98.2 cm³/mol. The summed E-state index contributed by atoms with van der Waals surface area (Å²) in [5.41, 5.74) is 4.68. The van der Waals surface area contributed by atoms with E-state index in [2.05, 4.69) is 56.4 Å². The van der Waals surface area contributed by atoms with E-state index in [-0.39, 0.29) is 6.04 Å². The van der Waals surface area contributed by atoms with E-state index in [1.54, 1.807) is 18.6 Å². The molecule has 0 spiro atoms. The Hall–Kier alpha value is -3.34. The summed E-state index contributed by atoms with van der Waals surface area (Å²) in [6.45, 7) is 2.09. The van der Waals surface area contributed by atoms with Gasteiger partial charge in [0.1, 0.15) is 11.3 Å². The van der Waals surface area contributed by atoms with Crippen LogP contribution in [0.5, 0.6) is 0 Å². The van der Waals surface area contributed by atoms with Crippen LogP contribution in [0.1, 0.15) is 22.9 Å². The summed E-state index contributed by atoms with van der Waals surface area (Å²) in [6, 6.07) is 18.1. The van der Waals surface area contributed by atoms with Gasteiger partial charge in [0.15, 0.2) is 5.65 Å². The number of aromatic nitrogens is 4. The number of hydrogen-bond donors (Lipinski definition) is 1. The van der Waals surface area contributed by atoms with Crippen LogP contribution in [0.4, 0.5) is 5.82 Å². The van der Waals surface area contributed by atoms with E-state index in [0.717, 1.165) is 22.6 Å². The van der Waals surface area contributed by atoms with E-state index in [1.165, 1.54) is 5.56 Å². The molecule has 0 radical (unpaired) electrons. The second-order valence-corrected chi connectivity index (χ2v) is 5.84. The molecule has 1 atom stereocenters. The molecule has 5 nitrogen and oxygen atoms in total. The minimum absolute atomic E-state index is 0.0947. The van der Waals surface area contributed by atoms with E-state index in [9.17, 15) is 0 Å². The smallest absolute Gasteiger partial charge is 0.180 e. The third-order valence-corrected chi connectivity index (χ3v) is 3.98. The van der Waals surface area contributed by atoms with Crippen molar-refractivity contribution < 1.29 is 0 Å². The molecule has 122 valence electrons. The van der Waals surface area contributed by atoms with Crippen molar-refractivity contribution in [3.05, 3.63) is 90.0 Å². The average Bonchev–Trinajstić information content (AvgIpc) is 2.66. The van der Waals surface area contributed by atoms with Gasteiger partial charge in [-0.3, -0.25) is 9.97 Å². The summed E-state index contributed by atoms with van der Waals surface area (Å²) in [6.07, 6.45) is 5.12. The number of fused-ring (bicyclic) bond motifs is 1. The molecular formula is C20H17N5. The first-order valence-corrected chi connectivity index (χ1v) is 8.11. The molecule has 1 unspecified atom stereocenters. The number of aryl methyl sites for hydroxylation is 1. The zero-order chi connectivity index (χ0) is 17.1. The summed E-state index contributed by atoms with van der Waals surface area (Å²) in [5, 5.41) is 3.49. The van der Waals surface area contributed by atoms with Crippen LogP contribution in [0.15, 0.2) is 73.2 Å². The van der Waals surface area contributed by atoms with Gasteiger partial charge in [-0.2, -0.15) is 0 Å². The molecule has 0 aliphatic carbocycles. The van der Waals surface area contributed by atoms with Gasteiger partial charge in [-0.15, -0.1) is 0 Å². The Morgan fingerprint density at radius 1 is 0.840 bits per heavy atom. The van der Waals surface area contributed by atoms with Crippen molar-refractivity contribution in [2.75, 3.05) is 5.32 Å². The fourth-order valence-electron chi connectivity index (χ4n) is 2.81. The highest BCUT2D eigenvalue weighted by Crippen LogP contribution is 2.25. The second kappa shape index (κ2) is 6.65. The Kier molecular flexibility index (Phi) is 4.04. The van der Waals surface area contributed by atoms with Gasteiger partial charge < -0.3 is 5.32 Å². The molecule has 3 heterocycles. The molecule has 1 aromatic carbocycles. The van der Waals surface area contributed by atoms with Gasteiger partial charge in [-0.25, -0.2) is 9.97 Å². The number of pyridine rings is 2. The van der Waals surface area contributed by atoms with Crippen LogP contribution in [0.3, 0.4) is 0 Å². The first kappa shape index (κ1) is 15.2. The van der Waals surface area contributed by atoms with Gasteiger partial charge in [0.05, 0.1) is 11.7 Å². The van der Waals surface area contributed by atoms with Crippen molar-refractivity contribution >= 4 is 17.0 Å². The minimum Gasteiger partial charge on any atom is -0.358 e. The SMILES string of the molecule is Cc1cccc(C(Nc2ccc3nccnc3n2)c2ccccn2)c1. The standard InChI is InChI=1S/C20H17N5/c1-14-5-4-6-15(13-14)19(16-7-2-3-10-21-16)24-18-9-8-17-20(25-18)23-12-11-22-17/h2-13,19H,1H3,(H,23,24,25). The van der Waals surface area contributed by atoms with Crippen LogP contribution in [0, 0.1) is 6.92 Å². The minimum atomic E-state index is -0.0947. The first-order chi connectivity index (χ1) is 12.3. The first-order valence-electron chi connectivity index (χ1n) is 8.11. The van der Waals surface area contributed by atoms with Gasteiger partial charge in [-0.1, -0.05) is 35.9 Å². The Morgan fingerprint density at radius 3 is 2.60 bits per heavy atom. The number of nitrogens with one attached hydrogen (secondary N) is 1. The lowest BCUT2D eigenvalue weighted by Crippen LogP contribution is -2.15. The highest BCUT2D eigenvalue weighted by atomic mass is 15.1. The van der Waals surface area contributed by atoms with Crippen LogP contribution in [0.2, 0.25) is 0 Å². The Bertz CT molecular complexity index is 1000. The normalized spacial score (nSPS) is 12.0. The summed E-state index contributed by atoms with van der Waals surface area (Å²) in [7, 11) is 0. The highest BCUT2D eigenvalue weighted by molar-refractivity contribution is 5.71. The fourth-order valence-corrected chi connectivity index (χ4v) is 2.81. The molecule has 0 amide bonds. The zero-order valence-electron chi connectivity index (χ0n) is 13.8. The van der Waals surface area contributed by atoms with Crippen LogP contribution < -0.4 is 5.32 Å². The molecular weight excluding hydrogens is 310 g/mol. The van der Waals surface area contributed by atoms with E-state index >= 15 is 0 Å². The van der Waals surface area contributed by atoms with Crippen molar-refractivity contribution in [3.63, 3.8) is 0 Å². The summed E-state index contributed by atoms with van der Waals surface area (Å²) in [4.78, 5) is 17.6. The van der Waals surface area contributed by atoms with Crippen LogP contribution in [-0.2, 0) is 0 Å². The maximum Gasteiger partial charge on any atom is 0.180 e. The molecule has 0 saturated heterocycles. The molecule has 0 saturated carbocycles. The topological polar surface area (TPSA) is 63.6 Å². The average molecular weight is 327 g/mol. The number of benzene rings is 1. The summed E-state index contributed by atoms with van der Waals surface area (Å²) < 4.78 is 0. The maximum absolute atomic E-state index is 4.58. The monoisotopic (exact) mass is 327 g/mol. The van der Waals surface area contributed by atoms with E-state index in [4.69, 9.17) is 0 Å². The molecule has 25 heavy (non-hydrogen) atoms. The highest BCUT2D eigenvalue weighted by Gasteiger charge is 2.16. The third kappa shape index (κ3) is 3.30. The van der Waals surface area contributed by atoms with Gasteiger partial charge >= 0.3 is 0 Å². The van der Waals surface area contributed by atoms with E-state index in [0.29, 0.717) is 5.65 Å². The van der Waals surface area contributed by atoms with Crippen LogP contribution in [0.25, 0.3) is 11.2 Å².